The minimum absolute atomic E-state index is 0.242. The number of hydrogen-bond donors (Lipinski definition) is 0. The number of benzene rings is 3. The molecule has 3 aromatic carbocycles. The van der Waals surface area contributed by atoms with Crippen LogP contribution < -0.4 is 4.74 Å². The number of carbonyl (C=O) groups is 2. The standard InChI is InChI=1S/C28H25NO4/c1-17-5-8-21(9-6-17)27(30)19(3)33-28(31)24-16-26(20-10-12-22(32-4)13-11-20)29-25-14-7-18(2)15-23(24)25/h5-16,19H,1-4H3. The fourth-order valence-electron chi connectivity index (χ4n) is 3.65. The van der Waals surface area contributed by atoms with Crippen LogP contribution in [0.5, 0.6) is 5.75 Å². The Balaban J connectivity index is 1.69. The van der Waals surface area contributed by atoms with Crippen molar-refractivity contribution in [3.63, 3.8) is 0 Å². The summed E-state index contributed by atoms with van der Waals surface area (Å²) in [5.74, 6) is -0.0674. The SMILES string of the molecule is COc1ccc(-c2cc(C(=O)OC(C)C(=O)c3ccc(C)cc3)c3cc(C)ccc3n2)cc1. The molecule has 5 nitrogen and oxygen atoms in total. The van der Waals surface area contributed by atoms with Gasteiger partial charge in [-0.15, -0.1) is 0 Å². The maximum absolute atomic E-state index is 13.2. The van der Waals surface area contributed by atoms with Crippen LogP contribution in [0.2, 0.25) is 0 Å². The van der Waals surface area contributed by atoms with Crippen molar-refractivity contribution in [2.45, 2.75) is 26.9 Å². The number of rotatable bonds is 6. The van der Waals surface area contributed by atoms with Crippen molar-refractivity contribution in [2.75, 3.05) is 7.11 Å². The largest absolute Gasteiger partial charge is 0.497 e. The molecule has 33 heavy (non-hydrogen) atoms. The number of esters is 1. The molecule has 0 bridgehead atoms. The topological polar surface area (TPSA) is 65.5 Å². The highest BCUT2D eigenvalue weighted by Gasteiger charge is 2.23. The fourth-order valence-corrected chi connectivity index (χ4v) is 3.65. The summed E-state index contributed by atoms with van der Waals surface area (Å²) in [6.45, 7) is 5.50. The van der Waals surface area contributed by atoms with E-state index in [0.717, 1.165) is 22.4 Å². The third-order valence-electron chi connectivity index (χ3n) is 5.56. The molecule has 0 saturated heterocycles. The second kappa shape index (κ2) is 9.25. The number of pyridine rings is 1. The molecule has 4 aromatic rings. The van der Waals surface area contributed by atoms with E-state index in [1.54, 1.807) is 32.2 Å². The van der Waals surface area contributed by atoms with Gasteiger partial charge in [-0.3, -0.25) is 4.79 Å². The smallest absolute Gasteiger partial charge is 0.339 e. The lowest BCUT2D eigenvalue weighted by Gasteiger charge is -2.15. The molecule has 0 saturated carbocycles. The first-order valence-electron chi connectivity index (χ1n) is 10.7. The summed E-state index contributed by atoms with van der Waals surface area (Å²) in [5, 5.41) is 0.687. The molecule has 0 amide bonds. The van der Waals surface area contributed by atoms with E-state index in [2.05, 4.69) is 0 Å². The van der Waals surface area contributed by atoms with Crippen LogP contribution in [0.4, 0.5) is 0 Å². The Morgan fingerprint density at radius 2 is 1.52 bits per heavy atom. The average Bonchev–Trinajstić information content (AvgIpc) is 2.83. The number of hydrogen-bond acceptors (Lipinski definition) is 5. The summed E-state index contributed by atoms with van der Waals surface area (Å²) in [4.78, 5) is 30.8. The number of carbonyl (C=O) groups excluding carboxylic acids is 2. The van der Waals surface area contributed by atoms with E-state index in [4.69, 9.17) is 14.5 Å². The van der Waals surface area contributed by atoms with Crippen LogP contribution in [0.3, 0.4) is 0 Å². The van der Waals surface area contributed by atoms with Crippen molar-refractivity contribution >= 4 is 22.7 Å². The Bertz CT molecular complexity index is 1320. The molecule has 1 aromatic heterocycles. The van der Waals surface area contributed by atoms with E-state index in [1.807, 2.05) is 68.4 Å². The highest BCUT2D eigenvalue weighted by Crippen LogP contribution is 2.28. The van der Waals surface area contributed by atoms with E-state index in [-0.39, 0.29) is 5.78 Å². The summed E-state index contributed by atoms with van der Waals surface area (Å²) in [5.41, 5.74) is 5.10. The van der Waals surface area contributed by atoms with Gasteiger partial charge in [0.05, 0.1) is 23.9 Å². The highest BCUT2D eigenvalue weighted by atomic mass is 16.5. The predicted molar refractivity (Wildman–Crippen MR) is 129 cm³/mol. The first-order chi connectivity index (χ1) is 15.9. The van der Waals surface area contributed by atoms with Crippen LogP contribution in [0.1, 0.15) is 38.8 Å². The summed E-state index contributed by atoms with van der Waals surface area (Å²) >= 11 is 0. The van der Waals surface area contributed by atoms with Crippen LogP contribution in [0.25, 0.3) is 22.2 Å². The molecule has 4 rings (SSSR count). The minimum Gasteiger partial charge on any atom is -0.497 e. The number of ether oxygens (including phenoxy) is 2. The summed E-state index contributed by atoms with van der Waals surface area (Å²) in [6.07, 6.45) is -0.919. The van der Waals surface area contributed by atoms with Crippen LogP contribution >= 0.6 is 0 Å². The maximum atomic E-state index is 13.2. The lowest BCUT2D eigenvalue weighted by molar-refractivity contribution is 0.0320. The molecule has 0 aliphatic carbocycles. The molecule has 0 aliphatic rings. The van der Waals surface area contributed by atoms with E-state index in [0.29, 0.717) is 27.7 Å². The van der Waals surface area contributed by atoms with E-state index < -0.39 is 12.1 Å². The number of ketones is 1. The van der Waals surface area contributed by atoms with Crippen molar-refractivity contribution in [2.24, 2.45) is 0 Å². The van der Waals surface area contributed by atoms with Crippen molar-refractivity contribution in [3.05, 3.63) is 95.1 Å². The Labute approximate surface area is 193 Å². The molecule has 1 unspecified atom stereocenters. The van der Waals surface area contributed by atoms with Crippen LogP contribution in [-0.4, -0.2) is 30.0 Å². The number of aryl methyl sites for hydroxylation is 2. The third kappa shape index (κ3) is 4.77. The van der Waals surface area contributed by atoms with Gasteiger partial charge >= 0.3 is 5.97 Å². The molecule has 166 valence electrons. The van der Waals surface area contributed by atoms with Crippen molar-refractivity contribution < 1.29 is 19.1 Å². The van der Waals surface area contributed by atoms with Gasteiger partial charge in [0, 0.05) is 16.5 Å². The van der Waals surface area contributed by atoms with Gasteiger partial charge in [0.25, 0.3) is 0 Å². The van der Waals surface area contributed by atoms with Gasteiger partial charge in [0.2, 0.25) is 5.78 Å². The second-order valence-corrected chi connectivity index (χ2v) is 8.08. The van der Waals surface area contributed by atoms with Crippen LogP contribution in [-0.2, 0) is 4.74 Å². The van der Waals surface area contributed by atoms with Crippen molar-refractivity contribution in [3.8, 4) is 17.0 Å². The average molecular weight is 440 g/mol. The number of nitrogens with zero attached hydrogens (tertiary/aromatic N) is 1. The monoisotopic (exact) mass is 439 g/mol. The van der Waals surface area contributed by atoms with E-state index in [1.165, 1.54) is 0 Å². The normalized spacial score (nSPS) is 11.8. The molecule has 1 atom stereocenters. The first kappa shape index (κ1) is 22.2. The highest BCUT2D eigenvalue weighted by molar-refractivity contribution is 6.07. The van der Waals surface area contributed by atoms with Gasteiger partial charge in [-0.1, -0.05) is 41.5 Å². The number of Topliss-reactive ketones (excluding diaryl/α,β-unsaturated/α-hetero) is 1. The van der Waals surface area contributed by atoms with Gasteiger partial charge in [-0.05, 0) is 63.2 Å². The van der Waals surface area contributed by atoms with Crippen LogP contribution in [0.15, 0.2) is 72.8 Å². The van der Waals surface area contributed by atoms with Crippen LogP contribution in [0, 0.1) is 13.8 Å². The van der Waals surface area contributed by atoms with E-state index in [9.17, 15) is 9.59 Å². The number of aromatic nitrogens is 1. The molecule has 0 radical (unpaired) electrons. The zero-order valence-electron chi connectivity index (χ0n) is 19.1. The molecule has 0 spiro atoms. The van der Waals surface area contributed by atoms with E-state index >= 15 is 0 Å². The van der Waals surface area contributed by atoms with Crippen molar-refractivity contribution in [1.29, 1.82) is 0 Å². The zero-order chi connectivity index (χ0) is 23.5. The van der Waals surface area contributed by atoms with Crippen molar-refractivity contribution in [1.82, 2.24) is 4.98 Å². The molecule has 0 fully saturated rings. The number of methoxy groups -OCH3 is 1. The summed E-state index contributed by atoms with van der Waals surface area (Å²) in [6, 6.07) is 22.1. The molecular weight excluding hydrogens is 414 g/mol. The van der Waals surface area contributed by atoms with Gasteiger partial charge < -0.3 is 9.47 Å². The second-order valence-electron chi connectivity index (χ2n) is 8.08. The fraction of sp³-hybridized carbons (Fsp3) is 0.179. The Morgan fingerprint density at radius 1 is 0.848 bits per heavy atom. The Hall–Kier alpha value is -3.99. The third-order valence-corrected chi connectivity index (χ3v) is 5.56. The van der Waals surface area contributed by atoms with Gasteiger partial charge in [0.1, 0.15) is 5.75 Å². The predicted octanol–water partition coefficient (Wildman–Crippen LogP) is 5.96. The molecule has 5 heteroatoms. The quantitative estimate of drug-likeness (QED) is 0.274. The molecular formula is C28H25NO4. The number of fused-ring (bicyclic) bond motifs is 1. The molecule has 0 N–H and O–H groups in total. The van der Waals surface area contributed by atoms with Gasteiger partial charge in [-0.2, -0.15) is 0 Å². The molecule has 0 aliphatic heterocycles. The Kier molecular flexibility index (Phi) is 6.22. The maximum Gasteiger partial charge on any atom is 0.339 e. The van der Waals surface area contributed by atoms with Gasteiger partial charge in [-0.25, -0.2) is 9.78 Å². The Morgan fingerprint density at radius 3 is 2.18 bits per heavy atom. The summed E-state index contributed by atoms with van der Waals surface area (Å²) in [7, 11) is 1.61. The lowest BCUT2D eigenvalue weighted by atomic mass is 10.0. The first-order valence-corrected chi connectivity index (χ1v) is 10.7. The zero-order valence-corrected chi connectivity index (χ0v) is 19.1. The lowest BCUT2D eigenvalue weighted by Crippen LogP contribution is -2.24. The molecule has 1 heterocycles. The summed E-state index contributed by atoms with van der Waals surface area (Å²) < 4.78 is 10.9. The van der Waals surface area contributed by atoms with Gasteiger partial charge in [0.15, 0.2) is 6.10 Å². The minimum atomic E-state index is -0.919.